The van der Waals surface area contributed by atoms with E-state index in [9.17, 15) is 9.59 Å². The zero-order valence-electron chi connectivity index (χ0n) is 32.0. The Kier molecular flexibility index (Phi) is 12.3. The second kappa shape index (κ2) is 16.3. The number of hydrogen-bond donors (Lipinski definition) is 1. The van der Waals surface area contributed by atoms with Crippen LogP contribution in [0.2, 0.25) is 0 Å². The molecule has 0 saturated carbocycles. The van der Waals surface area contributed by atoms with Crippen LogP contribution in [0, 0.1) is 5.41 Å². The van der Waals surface area contributed by atoms with Crippen molar-refractivity contribution < 1.29 is 28.5 Å². The Morgan fingerprint density at radius 3 is 2.50 bits per heavy atom. The van der Waals surface area contributed by atoms with Crippen molar-refractivity contribution in [3.63, 3.8) is 0 Å². The number of carboxylic acid groups (broad SMARTS) is 1. The quantitative estimate of drug-likeness (QED) is 0.0859. The van der Waals surface area contributed by atoms with Gasteiger partial charge in [0, 0.05) is 47.7 Å². The molecule has 1 aromatic heterocycles. The number of aromatic nitrogens is 1. The standard InChI is InChI=1S/C42H55ClN5O4/c1-41(2)32-16-14-26-46(24-12-8-10-18-36(49)50)39(32)44-34(41)22-20-30-28-48(5,6)29-31(38(30)43)21-23-35-42(3,4)33-17-15-27-47(40(33)45-35)25-13-9-11-19-37(51)52-7/h14-17,20-23,26-27H,8-13,18-19,24-25,28-29H2,1-7H3/q+1/p+1. The molecule has 0 aromatic carbocycles. The largest absolute Gasteiger partial charge is 0.481 e. The Balaban J connectivity index is 1.34. The Labute approximate surface area is 314 Å². The van der Waals surface area contributed by atoms with E-state index in [4.69, 9.17) is 31.4 Å². The highest BCUT2D eigenvalue weighted by molar-refractivity contribution is 6.32. The summed E-state index contributed by atoms with van der Waals surface area (Å²) in [6.07, 6.45) is 22.9. The molecule has 0 unspecified atom stereocenters. The fraction of sp³-hybridized carbons (Fsp3) is 0.500. The smallest absolute Gasteiger partial charge is 0.327 e. The van der Waals surface area contributed by atoms with Gasteiger partial charge >= 0.3 is 17.8 Å². The van der Waals surface area contributed by atoms with Gasteiger partial charge in [-0.15, -0.1) is 0 Å². The number of halogens is 1. The van der Waals surface area contributed by atoms with Crippen LogP contribution in [0.3, 0.4) is 0 Å². The normalized spacial score (nSPS) is 21.4. The number of methoxy groups -OCH3 is 1. The minimum Gasteiger partial charge on any atom is -0.481 e. The van der Waals surface area contributed by atoms with E-state index in [2.05, 4.69) is 112 Å². The summed E-state index contributed by atoms with van der Waals surface area (Å²) in [5.74, 6) is 1.08. The Morgan fingerprint density at radius 2 is 1.75 bits per heavy atom. The molecule has 0 saturated heterocycles. The first kappa shape index (κ1) is 39.1. The van der Waals surface area contributed by atoms with Crippen molar-refractivity contribution in [2.24, 2.45) is 15.4 Å². The number of rotatable bonds is 15. The lowest BCUT2D eigenvalue weighted by atomic mass is 9.81. The Morgan fingerprint density at radius 1 is 1.00 bits per heavy atom. The van der Waals surface area contributed by atoms with E-state index in [0.29, 0.717) is 12.8 Å². The first-order chi connectivity index (χ1) is 24.6. The van der Waals surface area contributed by atoms with Gasteiger partial charge in [-0.25, -0.2) is 9.56 Å². The van der Waals surface area contributed by atoms with E-state index in [1.807, 2.05) is 0 Å². The van der Waals surface area contributed by atoms with E-state index in [-0.39, 0.29) is 23.2 Å². The third-order valence-electron chi connectivity index (χ3n) is 10.6. The molecule has 0 amide bonds. The van der Waals surface area contributed by atoms with Gasteiger partial charge in [-0.2, -0.15) is 0 Å². The van der Waals surface area contributed by atoms with Crippen LogP contribution in [-0.2, 0) is 26.3 Å². The summed E-state index contributed by atoms with van der Waals surface area (Å²) in [5, 5.41) is 9.75. The van der Waals surface area contributed by atoms with Crippen LogP contribution < -0.4 is 4.57 Å². The second-order valence-corrected chi connectivity index (χ2v) is 16.4. The molecule has 52 heavy (non-hydrogen) atoms. The lowest BCUT2D eigenvalue weighted by Crippen LogP contribution is -2.45. The summed E-state index contributed by atoms with van der Waals surface area (Å²) >= 11 is 7.21. The fourth-order valence-corrected chi connectivity index (χ4v) is 7.69. The number of fused-ring (bicyclic) bond motifs is 2. The number of aliphatic carboxylic acids is 1. The molecule has 0 fully saturated rings. The summed E-state index contributed by atoms with van der Waals surface area (Å²) < 4.78 is 7.75. The summed E-state index contributed by atoms with van der Waals surface area (Å²) in [7, 11) is 5.90. The number of unbranched alkanes of at least 4 members (excludes halogenated alkanes) is 4. The number of quaternary nitrogens is 1. The fourth-order valence-electron chi connectivity index (χ4n) is 7.45. The lowest BCUT2D eigenvalue weighted by Gasteiger charge is -2.35. The second-order valence-electron chi connectivity index (χ2n) is 16.0. The highest BCUT2D eigenvalue weighted by atomic mass is 35.5. The number of carbonyl (C=O) groups excluding carboxylic acids is 1. The van der Waals surface area contributed by atoms with E-state index in [1.54, 1.807) is 0 Å². The topological polar surface area (TPSA) is 95.4 Å². The number of aryl methyl sites for hydroxylation is 1. The highest BCUT2D eigenvalue weighted by Crippen LogP contribution is 2.44. The van der Waals surface area contributed by atoms with Gasteiger partial charge in [0.15, 0.2) is 5.71 Å². The predicted molar refractivity (Wildman–Crippen MR) is 209 cm³/mol. The molecule has 0 radical (unpaired) electrons. The number of ether oxygens (including phenoxy) is 1. The number of likely N-dealkylation sites (N-methyl/N-ethyl adjacent to an activating group) is 1. The molecule has 9 nitrogen and oxygen atoms in total. The van der Waals surface area contributed by atoms with Crippen LogP contribution in [0.25, 0.3) is 0 Å². The maximum Gasteiger partial charge on any atom is 0.327 e. The van der Waals surface area contributed by atoms with Crippen LogP contribution in [0.4, 0.5) is 5.82 Å². The van der Waals surface area contributed by atoms with Gasteiger partial charge in [-0.05, 0) is 87.4 Å². The molecule has 0 bridgehead atoms. The van der Waals surface area contributed by atoms with Crippen molar-refractivity contribution in [2.75, 3.05) is 40.8 Å². The first-order valence-electron chi connectivity index (χ1n) is 18.6. The maximum absolute atomic E-state index is 11.5. The van der Waals surface area contributed by atoms with Gasteiger partial charge in [-0.3, -0.25) is 9.59 Å². The van der Waals surface area contributed by atoms with E-state index < -0.39 is 5.97 Å². The van der Waals surface area contributed by atoms with Crippen LogP contribution in [0.5, 0.6) is 0 Å². The van der Waals surface area contributed by atoms with Crippen molar-refractivity contribution in [1.29, 1.82) is 0 Å². The van der Waals surface area contributed by atoms with Gasteiger partial charge in [0.2, 0.25) is 0 Å². The van der Waals surface area contributed by atoms with Crippen molar-refractivity contribution >= 4 is 40.9 Å². The van der Waals surface area contributed by atoms with Gasteiger partial charge in [0.1, 0.15) is 18.9 Å². The molecule has 0 spiro atoms. The minimum absolute atomic E-state index is 0.154. The Bertz CT molecular complexity index is 1820. The van der Waals surface area contributed by atoms with Crippen molar-refractivity contribution in [3.05, 3.63) is 94.0 Å². The van der Waals surface area contributed by atoms with E-state index in [1.165, 1.54) is 18.2 Å². The van der Waals surface area contributed by atoms with Gasteiger partial charge in [0.05, 0.1) is 55.7 Å². The average molecular weight is 730 g/mol. The SMILES string of the molecule is COC(=O)CCCCCN1C=CC=C2C1=N/C(=C/C=C1\C[N+](C)(C)CC(/C=C/C3=Nc4c(ccc[n+]4CCCCCC(=O)O)C3(C)C)=C1Cl)C2(C)C. The van der Waals surface area contributed by atoms with Crippen molar-refractivity contribution in [1.82, 2.24) is 4.90 Å². The van der Waals surface area contributed by atoms with Crippen LogP contribution in [-0.4, -0.2) is 78.8 Å². The number of aliphatic imine (C=N–C) groups is 2. The summed E-state index contributed by atoms with van der Waals surface area (Å²) in [6, 6.07) is 4.24. The molecule has 10 heteroatoms. The van der Waals surface area contributed by atoms with Crippen LogP contribution in [0.1, 0.15) is 84.6 Å². The molecule has 0 aliphatic carbocycles. The van der Waals surface area contributed by atoms with E-state index >= 15 is 0 Å². The maximum atomic E-state index is 11.5. The molecule has 0 atom stereocenters. The first-order valence-corrected chi connectivity index (χ1v) is 19.0. The van der Waals surface area contributed by atoms with Crippen molar-refractivity contribution in [3.8, 4) is 0 Å². The number of allylic oxidation sites excluding steroid dienone is 6. The highest BCUT2D eigenvalue weighted by Gasteiger charge is 2.42. The minimum atomic E-state index is -0.739. The zero-order valence-corrected chi connectivity index (χ0v) is 32.8. The van der Waals surface area contributed by atoms with Crippen LogP contribution >= 0.6 is 11.6 Å². The molecular weight excluding hydrogens is 674 g/mol. The van der Waals surface area contributed by atoms with Crippen LogP contribution in [0.15, 0.2) is 98.4 Å². The number of esters is 1. The number of hydrogen-bond acceptors (Lipinski definition) is 6. The third-order valence-corrected chi connectivity index (χ3v) is 11.1. The number of carboxylic acids is 1. The molecule has 5 rings (SSSR count). The monoisotopic (exact) mass is 729 g/mol. The van der Waals surface area contributed by atoms with Gasteiger partial charge < -0.3 is 19.2 Å². The molecular formula is C42H56ClN5O4+2. The molecule has 278 valence electrons. The Hall–Kier alpha value is -4.08. The molecule has 4 aliphatic rings. The predicted octanol–water partition coefficient (Wildman–Crippen LogP) is 7.86. The third kappa shape index (κ3) is 8.92. The molecule has 1 N–H and O–H groups in total. The molecule has 5 heterocycles. The van der Waals surface area contributed by atoms with Gasteiger partial charge in [0.25, 0.3) is 0 Å². The molecule has 1 aromatic rings. The summed E-state index contributed by atoms with van der Waals surface area (Å²) in [4.78, 5) is 34.9. The number of amidine groups is 1. The number of nitrogens with zero attached hydrogens (tertiary/aromatic N) is 5. The van der Waals surface area contributed by atoms with Crippen molar-refractivity contribution in [2.45, 2.75) is 91.0 Å². The summed E-state index contributed by atoms with van der Waals surface area (Å²) in [6.45, 7) is 12.1. The molecule has 4 aliphatic heterocycles. The zero-order chi connectivity index (χ0) is 37.7. The number of carbonyl (C=O) groups is 2. The van der Waals surface area contributed by atoms with E-state index in [0.717, 1.165) is 102 Å². The average Bonchev–Trinajstić information content (AvgIpc) is 3.51. The summed E-state index contributed by atoms with van der Waals surface area (Å²) in [5.41, 5.74) is 6.05. The lowest BCUT2D eigenvalue weighted by molar-refractivity contribution is -0.881. The van der Waals surface area contributed by atoms with Gasteiger partial charge in [-0.1, -0.05) is 44.0 Å². The number of pyridine rings is 1.